The molecule has 0 heterocycles. The second-order valence-electron chi connectivity index (χ2n) is 4.72. The van der Waals surface area contributed by atoms with E-state index in [4.69, 9.17) is 4.74 Å². The van der Waals surface area contributed by atoms with E-state index < -0.39 is 17.7 Å². The molecule has 1 unspecified atom stereocenters. The maximum atomic E-state index is 14.3. The van der Waals surface area contributed by atoms with E-state index in [1.54, 1.807) is 14.2 Å². The third-order valence-electron chi connectivity index (χ3n) is 3.36. The summed E-state index contributed by atoms with van der Waals surface area (Å²) >= 11 is 3.10. The Morgan fingerprint density at radius 1 is 1.19 bits per heavy atom. The zero-order chi connectivity index (χ0) is 15.6. The van der Waals surface area contributed by atoms with Crippen LogP contribution in [-0.2, 0) is 0 Å². The molecule has 5 heteroatoms. The van der Waals surface area contributed by atoms with Gasteiger partial charge in [0.05, 0.1) is 17.6 Å². The molecule has 0 radical (unpaired) electrons. The minimum atomic E-state index is -0.641. The summed E-state index contributed by atoms with van der Waals surface area (Å²) in [5.41, 5.74) is 1.66. The number of aryl methyl sites for hydroxylation is 1. The Labute approximate surface area is 131 Å². The third kappa shape index (κ3) is 3.09. The monoisotopic (exact) mass is 355 g/mol. The summed E-state index contributed by atoms with van der Waals surface area (Å²) in [5, 5.41) is 2.96. The summed E-state index contributed by atoms with van der Waals surface area (Å²) < 4.78 is 34.0. The lowest BCUT2D eigenvalue weighted by Gasteiger charge is -2.21. The number of benzene rings is 2. The van der Waals surface area contributed by atoms with Gasteiger partial charge in [-0.1, -0.05) is 12.1 Å². The molecule has 0 bridgehead atoms. The minimum absolute atomic E-state index is 0.0333. The Bertz CT molecular complexity index is 661. The number of rotatable bonds is 4. The first-order chi connectivity index (χ1) is 9.99. The normalized spacial score (nSPS) is 12.3. The van der Waals surface area contributed by atoms with Crippen LogP contribution >= 0.6 is 15.9 Å². The summed E-state index contributed by atoms with van der Waals surface area (Å²) in [7, 11) is 3.20. The molecule has 0 saturated carbocycles. The van der Waals surface area contributed by atoms with Crippen LogP contribution in [0, 0.1) is 18.6 Å². The SMILES string of the molecule is CNC(c1ccc(C)cc1OC)c1c(F)ccc(Br)c1F. The fraction of sp³-hybridized carbons (Fsp3) is 0.250. The summed E-state index contributed by atoms with van der Waals surface area (Å²) in [6.07, 6.45) is 0. The Balaban J connectivity index is 2.63. The standard InChI is InChI=1S/C16H16BrF2NO/c1-9-4-5-10(13(8-9)21-3)16(20-2)14-12(18)7-6-11(17)15(14)19/h4-8,16,20H,1-3H3. The van der Waals surface area contributed by atoms with Gasteiger partial charge in [0, 0.05) is 11.1 Å². The lowest BCUT2D eigenvalue weighted by molar-refractivity contribution is 0.403. The van der Waals surface area contributed by atoms with Crippen molar-refractivity contribution in [1.82, 2.24) is 5.32 Å². The average Bonchev–Trinajstić information content (AvgIpc) is 2.48. The molecule has 21 heavy (non-hydrogen) atoms. The van der Waals surface area contributed by atoms with Gasteiger partial charge in [-0.15, -0.1) is 0 Å². The molecule has 2 aromatic carbocycles. The largest absolute Gasteiger partial charge is 0.496 e. The van der Waals surface area contributed by atoms with Crippen LogP contribution < -0.4 is 10.1 Å². The summed E-state index contributed by atoms with van der Waals surface area (Å²) in [4.78, 5) is 0. The third-order valence-corrected chi connectivity index (χ3v) is 3.97. The molecular formula is C16H16BrF2NO. The molecule has 112 valence electrons. The van der Waals surface area contributed by atoms with Gasteiger partial charge in [-0.05, 0) is 53.7 Å². The molecule has 2 nitrogen and oxygen atoms in total. The number of hydrogen-bond donors (Lipinski definition) is 1. The highest BCUT2D eigenvalue weighted by Crippen LogP contribution is 2.35. The van der Waals surface area contributed by atoms with Gasteiger partial charge in [-0.3, -0.25) is 0 Å². The van der Waals surface area contributed by atoms with E-state index in [2.05, 4.69) is 21.2 Å². The van der Waals surface area contributed by atoms with Crippen LogP contribution in [0.2, 0.25) is 0 Å². The highest BCUT2D eigenvalue weighted by molar-refractivity contribution is 9.10. The molecule has 0 amide bonds. The Kier molecular flexibility index (Phi) is 4.96. The van der Waals surface area contributed by atoms with Crippen LogP contribution in [0.5, 0.6) is 5.75 Å². The smallest absolute Gasteiger partial charge is 0.145 e. The number of hydrogen-bond acceptors (Lipinski definition) is 2. The van der Waals surface area contributed by atoms with Crippen molar-refractivity contribution in [2.24, 2.45) is 0 Å². The van der Waals surface area contributed by atoms with Crippen molar-refractivity contribution in [3.63, 3.8) is 0 Å². The first-order valence-corrected chi connectivity index (χ1v) is 7.24. The first kappa shape index (κ1) is 15.9. The molecule has 0 aliphatic carbocycles. The highest BCUT2D eigenvalue weighted by Gasteiger charge is 2.24. The molecule has 0 fully saturated rings. The van der Waals surface area contributed by atoms with Crippen LogP contribution in [0.15, 0.2) is 34.8 Å². The lowest BCUT2D eigenvalue weighted by Crippen LogP contribution is -2.21. The predicted octanol–water partition coefficient (Wildman–Crippen LogP) is 4.35. The maximum Gasteiger partial charge on any atom is 0.145 e. The van der Waals surface area contributed by atoms with Crippen molar-refractivity contribution in [3.05, 3.63) is 63.1 Å². The van der Waals surface area contributed by atoms with Crippen molar-refractivity contribution in [2.75, 3.05) is 14.2 Å². The fourth-order valence-corrected chi connectivity index (χ4v) is 2.67. The number of halogens is 3. The van der Waals surface area contributed by atoms with E-state index in [1.165, 1.54) is 12.1 Å². The van der Waals surface area contributed by atoms with Crippen molar-refractivity contribution < 1.29 is 13.5 Å². The summed E-state index contributed by atoms with van der Waals surface area (Å²) in [6.45, 7) is 1.93. The Morgan fingerprint density at radius 3 is 2.52 bits per heavy atom. The van der Waals surface area contributed by atoms with Crippen LogP contribution in [0.3, 0.4) is 0 Å². The fourth-order valence-electron chi connectivity index (χ4n) is 2.32. The molecule has 0 aliphatic heterocycles. The zero-order valence-corrected chi connectivity index (χ0v) is 13.6. The molecule has 1 atom stereocenters. The quantitative estimate of drug-likeness (QED) is 0.823. The van der Waals surface area contributed by atoms with E-state index >= 15 is 0 Å². The Morgan fingerprint density at radius 2 is 1.90 bits per heavy atom. The van der Waals surface area contributed by atoms with Gasteiger partial charge in [-0.25, -0.2) is 8.78 Å². The first-order valence-electron chi connectivity index (χ1n) is 6.44. The van der Waals surface area contributed by atoms with Crippen molar-refractivity contribution in [3.8, 4) is 5.75 Å². The average molecular weight is 356 g/mol. The lowest BCUT2D eigenvalue weighted by atomic mass is 9.96. The van der Waals surface area contributed by atoms with Crippen molar-refractivity contribution in [1.29, 1.82) is 0 Å². The van der Waals surface area contributed by atoms with Crippen molar-refractivity contribution >= 4 is 15.9 Å². The maximum absolute atomic E-state index is 14.3. The van der Waals surface area contributed by atoms with E-state index in [9.17, 15) is 8.78 Å². The van der Waals surface area contributed by atoms with E-state index in [0.29, 0.717) is 11.3 Å². The van der Waals surface area contributed by atoms with Gasteiger partial charge in [0.1, 0.15) is 17.4 Å². The van der Waals surface area contributed by atoms with Crippen LogP contribution in [-0.4, -0.2) is 14.2 Å². The molecule has 0 saturated heterocycles. The van der Waals surface area contributed by atoms with E-state index in [1.807, 2.05) is 25.1 Å². The zero-order valence-electron chi connectivity index (χ0n) is 12.0. The van der Waals surface area contributed by atoms with Gasteiger partial charge in [0.15, 0.2) is 0 Å². The molecular weight excluding hydrogens is 340 g/mol. The molecule has 2 aromatic rings. The van der Waals surface area contributed by atoms with E-state index in [0.717, 1.165) is 5.56 Å². The summed E-state index contributed by atoms with van der Waals surface area (Å²) in [5.74, 6) is -0.622. The molecule has 0 spiro atoms. The van der Waals surface area contributed by atoms with Gasteiger partial charge in [0.2, 0.25) is 0 Å². The molecule has 0 aliphatic rings. The molecule has 2 rings (SSSR count). The van der Waals surface area contributed by atoms with Gasteiger partial charge in [-0.2, -0.15) is 0 Å². The van der Waals surface area contributed by atoms with Crippen LogP contribution in [0.4, 0.5) is 8.78 Å². The topological polar surface area (TPSA) is 21.3 Å². The minimum Gasteiger partial charge on any atom is -0.496 e. The van der Waals surface area contributed by atoms with Gasteiger partial charge < -0.3 is 10.1 Å². The second kappa shape index (κ2) is 6.54. The predicted molar refractivity (Wildman–Crippen MR) is 82.7 cm³/mol. The van der Waals surface area contributed by atoms with Crippen molar-refractivity contribution in [2.45, 2.75) is 13.0 Å². The molecule has 1 N–H and O–H groups in total. The Hall–Kier alpha value is -1.46. The summed E-state index contributed by atoms with van der Waals surface area (Å²) in [6, 6.07) is 7.50. The molecule has 0 aromatic heterocycles. The van der Waals surface area contributed by atoms with Gasteiger partial charge >= 0.3 is 0 Å². The van der Waals surface area contributed by atoms with Gasteiger partial charge in [0.25, 0.3) is 0 Å². The number of nitrogens with one attached hydrogen (secondary N) is 1. The van der Waals surface area contributed by atoms with Crippen LogP contribution in [0.25, 0.3) is 0 Å². The number of ether oxygens (including phenoxy) is 1. The van der Waals surface area contributed by atoms with Crippen LogP contribution in [0.1, 0.15) is 22.7 Å². The highest BCUT2D eigenvalue weighted by atomic mass is 79.9. The second-order valence-corrected chi connectivity index (χ2v) is 5.58. The number of methoxy groups -OCH3 is 1. The van der Waals surface area contributed by atoms with E-state index in [-0.39, 0.29) is 10.0 Å².